The minimum atomic E-state index is 0.563. The lowest BCUT2D eigenvalue weighted by molar-refractivity contribution is 0.226. The summed E-state index contributed by atoms with van der Waals surface area (Å²) in [7, 11) is 0. The van der Waals surface area contributed by atoms with Gasteiger partial charge in [-0.05, 0) is 18.5 Å². The molecule has 1 aromatic heterocycles. The van der Waals surface area contributed by atoms with E-state index in [0.717, 1.165) is 56.1 Å². The third-order valence-electron chi connectivity index (χ3n) is 4.10. The largest absolute Gasteiger partial charge is 0.338 e. The van der Waals surface area contributed by atoms with Crippen LogP contribution in [0.3, 0.4) is 0 Å². The smallest absolute Gasteiger partial charge is 0.225 e. The minimum absolute atomic E-state index is 0.563. The molecule has 1 aliphatic heterocycles. The minimum Gasteiger partial charge on any atom is -0.338 e. The Hall–Kier alpha value is -1.72. The molecule has 0 spiro atoms. The number of piperazine rings is 1. The fourth-order valence-corrected chi connectivity index (χ4v) is 2.76. The van der Waals surface area contributed by atoms with E-state index in [1.54, 1.807) is 0 Å². The molecule has 2 heterocycles. The van der Waals surface area contributed by atoms with Gasteiger partial charge in [0.2, 0.25) is 5.95 Å². The van der Waals surface area contributed by atoms with Crippen LogP contribution in [0.15, 0.2) is 30.5 Å². The lowest BCUT2D eigenvalue weighted by atomic mass is 10.1. The Morgan fingerprint density at radius 3 is 2.71 bits per heavy atom. The topological polar surface area (TPSA) is 58.3 Å². The van der Waals surface area contributed by atoms with Gasteiger partial charge >= 0.3 is 0 Å². The van der Waals surface area contributed by atoms with E-state index in [1.807, 2.05) is 30.5 Å². The molecular formula is C16H23N5. The Balaban J connectivity index is 1.65. The van der Waals surface area contributed by atoms with Crippen LogP contribution >= 0.6 is 0 Å². The van der Waals surface area contributed by atoms with E-state index < -0.39 is 0 Å². The number of hydrogen-bond donors (Lipinski definition) is 1. The van der Waals surface area contributed by atoms with Crippen molar-refractivity contribution in [2.24, 2.45) is 11.7 Å². The first-order valence-corrected chi connectivity index (χ1v) is 7.65. The number of anilines is 1. The van der Waals surface area contributed by atoms with Crippen LogP contribution in [0.2, 0.25) is 0 Å². The van der Waals surface area contributed by atoms with E-state index in [0.29, 0.717) is 5.92 Å². The molecule has 1 aromatic carbocycles. The van der Waals surface area contributed by atoms with Crippen molar-refractivity contribution in [2.75, 3.05) is 44.2 Å². The van der Waals surface area contributed by atoms with E-state index in [4.69, 9.17) is 5.73 Å². The Labute approximate surface area is 125 Å². The number of para-hydroxylation sites is 1. The number of rotatable bonds is 4. The molecule has 1 fully saturated rings. The normalized spacial score (nSPS) is 18.1. The fraction of sp³-hybridized carbons (Fsp3) is 0.500. The number of fused-ring (bicyclic) bond motifs is 1. The van der Waals surface area contributed by atoms with Gasteiger partial charge in [-0.3, -0.25) is 4.90 Å². The number of hydrogen-bond acceptors (Lipinski definition) is 5. The molecule has 1 saturated heterocycles. The van der Waals surface area contributed by atoms with E-state index in [-0.39, 0.29) is 0 Å². The van der Waals surface area contributed by atoms with Gasteiger partial charge in [-0.15, -0.1) is 0 Å². The highest BCUT2D eigenvalue weighted by Crippen LogP contribution is 2.16. The summed E-state index contributed by atoms with van der Waals surface area (Å²) in [4.78, 5) is 13.9. The van der Waals surface area contributed by atoms with Gasteiger partial charge in [0, 0.05) is 44.3 Å². The Morgan fingerprint density at radius 2 is 1.95 bits per heavy atom. The van der Waals surface area contributed by atoms with Crippen LogP contribution in [0.25, 0.3) is 10.9 Å². The van der Waals surface area contributed by atoms with Crippen molar-refractivity contribution in [3.8, 4) is 0 Å². The van der Waals surface area contributed by atoms with Gasteiger partial charge in [0.15, 0.2) is 0 Å². The standard InChI is InChI=1S/C16H23N5/c1-13(10-17)12-20-6-8-21(9-7-20)16-18-11-14-4-2-3-5-15(14)19-16/h2-5,11,13H,6-10,12,17H2,1H3. The summed E-state index contributed by atoms with van der Waals surface area (Å²) in [6, 6.07) is 8.12. The predicted octanol–water partition coefficient (Wildman–Crippen LogP) is 1.35. The van der Waals surface area contributed by atoms with Crippen molar-refractivity contribution >= 4 is 16.9 Å². The van der Waals surface area contributed by atoms with Crippen molar-refractivity contribution in [3.63, 3.8) is 0 Å². The van der Waals surface area contributed by atoms with Crippen LogP contribution in [0.5, 0.6) is 0 Å². The van der Waals surface area contributed by atoms with Gasteiger partial charge in [0.25, 0.3) is 0 Å². The van der Waals surface area contributed by atoms with Crippen LogP contribution in [0, 0.1) is 5.92 Å². The highest BCUT2D eigenvalue weighted by Gasteiger charge is 2.20. The maximum atomic E-state index is 5.70. The average molecular weight is 285 g/mol. The van der Waals surface area contributed by atoms with Gasteiger partial charge < -0.3 is 10.6 Å². The summed E-state index contributed by atoms with van der Waals surface area (Å²) in [6.45, 7) is 8.13. The lowest BCUT2D eigenvalue weighted by Crippen LogP contribution is -2.48. The van der Waals surface area contributed by atoms with Gasteiger partial charge in [0.1, 0.15) is 0 Å². The number of aromatic nitrogens is 2. The fourth-order valence-electron chi connectivity index (χ4n) is 2.76. The SMILES string of the molecule is CC(CN)CN1CCN(c2ncc3ccccc3n2)CC1. The second kappa shape index (κ2) is 6.37. The van der Waals surface area contributed by atoms with Crippen molar-refractivity contribution in [1.29, 1.82) is 0 Å². The third kappa shape index (κ3) is 3.31. The van der Waals surface area contributed by atoms with Crippen LogP contribution in [0.1, 0.15) is 6.92 Å². The van der Waals surface area contributed by atoms with Gasteiger partial charge in [-0.1, -0.05) is 25.1 Å². The molecule has 0 amide bonds. The summed E-state index contributed by atoms with van der Waals surface area (Å²) in [5.41, 5.74) is 6.72. The van der Waals surface area contributed by atoms with Gasteiger partial charge in [-0.25, -0.2) is 9.97 Å². The van der Waals surface area contributed by atoms with E-state index in [1.165, 1.54) is 0 Å². The molecule has 2 N–H and O–H groups in total. The molecule has 21 heavy (non-hydrogen) atoms. The zero-order valence-electron chi connectivity index (χ0n) is 12.6. The first-order chi connectivity index (χ1) is 10.3. The predicted molar refractivity (Wildman–Crippen MR) is 86.4 cm³/mol. The molecule has 0 saturated carbocycles. The second-order valence-electron chi connectivity index (χ2n) is 5.86. The van der Waals surface area contributed by atoms with E-state index in [2.05, 4.69) is 26.7 Å². The van der Waals surface area contributed by atoms with E-state index in [9.17, 15) is 0 Å². The summed E-state index contributed by atoms with van der Waals surface area (Å²) >= 11 is 0. The number of nitrogens with zero attached hydrogens (tertiary/aromatic N) is 4. The quantitative estimate of drug-likeness (QED) is 0.919. The van der Waals surface area contributed by atoms with Gasteiger partial charge in [-0.2, -0.15) is 0 Å². The molecule has 5 heteroatoms. The zero-order chi connectivity index (χ0) is 14.7. The summed E-state index contributed by atoms with van der Waals surface area (Å²) in [5.74, 6) is 1.41. The van der Waals surface area contributed by atoms with E-state index >= 15 is 0 Å². The van der Waals surface area contributed by atoms with Crippen LogP contribution in [-0.4, -0.2) is 54.1 Å². The first kappa shape index (κ1) is 14.2. The first-order valence-electron chi connectivity index (χ1n) is 7.65. The van der Waals surface area contributed by atoms with Crippen LogP contribution in [0.4, 0.5) is 5.95 Å². The molecule has 1 aliphatic rings. The highest BCUT2D eigenvalue weighted by atomic mass is 15.3. The molecule has 0 radical (unpaired) electrons. The van der Waals surface area contributed by atoms with Crippen molar-refractivity contribution in [3.05, 3.63) is 30.5 Å². The monoisotopic (exact) mass is 285 g/mol. The Bertz CT molecular complexity index is 592. The van der Waals surface area contributed by atoms with Crippen molar-refractivity contribution in [1.82, 2.24) is 14.9 Å². The number of nitrogens with two attached hydrogens (primary N) is 1. The molecule has 0 bridgehead atoms. The Morgan fingerprint density at radius 1 is 1.19 bits per heavy atom. The lowest BCUT2D eigenvalue weighted by Gasteiger charge is -2.35. The number of benzene rings is 1. The highest BCUT2D eigenvalue weighted by molar-refractivity contribution is 5.78. The van der Waals surface area contributed by atoms with Crippen LogP contribution in [-0.2, 0) is 0 Å². The molecule has 1 unspecified atom stereocenters. The Kier molecular flexibility index (Phi) is 4.31. The molecule has 112 valence electrons. The van der Waals surface area contributed by atoms with Crippen LogP contribution < -0.4 is 10.6 Å². The summed E-state index contributed by atoms with van der Waals surface area (Å²) in [5, 5.41) is 1.09. The van der Waals surface area contributed by atoms with Crippen molar-refractivity contribution in [2.45, 2.75) is 6.92 Å². The van der Waals surface area contributed by atoms with Crippen molar-refractivity contribution < 1.29 is 0 Å². The third-order valence-corrected chi connectivity index (χ3v) is 4.10. The summed E-state index contributed by atoms with van der Waals surface area (Å²) in [6.07, 6.45) is 1.92. The van der Waals surface area contributed by atoms with Gasteiger partial charge in [0.05, 0.1) is 5.52 Å². The average Bonchev–Trinajstić information content (AvgIpc) is 2.55. The maximum Gasteiger partial charge on any atom is 0.225 e. The molecular weight excluding hydrogens is 262 g/mol. The zero-order valence-corrected chi connectivity index (χ0v) is 12.6. The second-order valence-corrected chi connectivity index (χ2v) is 5.86. The molecule has 2 aromatic rings. The molecule has 5 nitrogen and oxygen atoms in total. The molecule has 0 aliphatic carbocycles. The summed E-state index contributed by atoms with van der Waals surface area (Å²) < 4.78 is 0. The molecule has 3 rings (SSSR count). The molecule has 1 atom stereocenters. The maximum absolute atomic E-state index is 5.70.